The predicted octanol–water partition coefficient (Wildman–Crippen LogP) is 2.85. The van der Waals surface area contributed by atoms with Crippen LogP contribution < -0.4 is 14.9 Å². The van der Waals surface area contributed by atoms with Gasteiger partial charge < -0.3 is 9.47 Å². The van der Waals surface area contributed by atoms with Gasteiger partial charge in [0.15, 0.2) is 17.2 Å². The summed E-state index contributed by atoms with van der Waals surface area (Å²) in [5, 5.41) is 10.4. The molecule has 0 saturated heterocycles. The molecule has 8 nitrogen and oxygen atoms in total. The lowest BCUT2D eigenvalue weighted by molar-refractivity contribution is 0.0729. The SMILES string of the molecule is COc1cc(/C=N/NC(=O)c2cc(C)[nH]n2)ccc1OC(=O)c1cccc(F)c1. The van der Waals surface area contributed by atoms with Crippen LogP contribution in [0.1, 0.15) is 32.1 Å². The Morgan fingerprint density at radius 1 is 1.17 bits per heavy atom. The summed E-state index contributed by atoms with van der Waals surface area (Å²) >= 11 is 0. The normalized spacial score (nSPS) is 10.7. The summed E-state index contributed by atoms with van der Waals surface area (Å²) in [6, 6.07) is 11.5. The van der Waals surface area contributed by atoms with Crippen LogP contribution in [0.3, 0.4) is 0 Å². The number of amides is 1. The van der Waals surface area contributed by atoms with Gasteiger partial charge in [0, 0.05) is 5.69 Å². The third-order valence-corrected chi connectivity index (χ3v) is 3.77. The van der Waals surface area contributed by atoms with Crippen molar-refractivity contribution in [3.63, 3.8) is 0 Å². The number of aromatic nitrogens is 2. The topological polar surface area (TPSA) is 106 Å². The van der Waals surface area contributed by atoms with Crippen LogP contribution in [-0.4, -0.2) is 35.4 Å². The maximum absolute atomic E-state index is 13.3. The number of carbonyl (C=O) groups excluding carboxylic acids is 2. The highest BCUT2D eigenvalue weighted by molar-refractivity contribution is 5.93. The fourth-order valence-electron chi connectivity index (χ4n) is 2.38. The maximum Gasteiger partial charge on any atom is 0.343 e. The Morgan fingerprint density at radius 2 is 2.00 bits per heavy atom. The number of aryl methyl sites for hydroxylation is 1. The first-order chi connectivity index (χ1) is 14.0. The van der Waals surface area contributed by atoms with Gasteiger partial charge in [0.1, 0.15) is 5.82 Å². The number of carbonyl (C=O) groups is 2. The number of esters is 1. The lowest BCUT2D eigenvalue weighted by atomic mass is 10.2. The summed E-state index contributed by atoms with van der Waals surface area (Å²) < 4.78 is 23.8. The van der Waals surface area contributed by atoms with Crippen LogP contribution >= 0.6 is 0 Å². The van der Waals surface area contributed by atoms with Gasteiger partial charge in [-0.1, -0.05) is 6.07 Å². The predicted molar refractivity (Wildman–Crippen MR) is 103 cm³/mol. The molecule has 9 heteroatoms. The van der Waals surface area contributed by atoms with Gasteiger partial charge in [-0.15, -0.1) is 0 Å². The molecular formula is C20H17FN4O4. The van der Waals surface area contributed by atoms with E-state index in [1.165, 1.54) is 37.6 Å². The lowest BCUT2D eigenvalue weighted by Gasteiger charge is -2.10. The monoisotopic (exact) mass is 396 g/mol. The minimum atomic E-state index is -0.717. The number of halogens is 1. The number of hydrogen-bond donors (Lipinski definition) is 2. The molecule has 2 N–H and O–H groups in total. The van der Waals surface area contributed by atoms with Gasteiger partial charge in [0.2, 0.25) is 0 Å². The van der Waals surface area contributed by atoms with Gasteiger partial charge in [0.05, 0.1) is 18.9 Å². The standard InChI is InChI=1S/C20H17FN4O4/c1-12-8-16(24-23-12)19(26)25-22-11-13-6-7-17(18(9-13)28-2)29-20(27)14-4-3-5-15(21)10-14/h3-11H,1-2H3,(H,23,24)(H,25,26)/b22-11+. The molecule has 2 aromatic carbocycles. The van der Waals surface area contributed by atoms with Crippen molar-refractivity contribution < 1.29 is 23.5 Å². The molecule has 0 aliphatic rings. The number of nitrogens with one attached hydrogen (secondary N) is 2. The number of aromatic amines is 1. The fourth-order valence-corrected chi connectivity index (χ4v) is 2.38. The Balaban J connectivity index is 1.68. The third kappa shape index (κ3) is 5.04. The second-order valence-electron chi connectivity index (χ2n) is 5.95. The molecule has 0 radical (unpaired) electrons. The van der Waals surface area contributed by atoms with E-state index in [4.69, 9.17) is 9.47 Å². The van der Waals surface area contributed by atoms with Crippen molar-refractivity contribution in [3.05, 3.63) is 76.9 Å². The second kappa shape index (κ2) is 8.79. The van der Waals surface area contributed by atoms with Crippen molar-refractivity contribution in [2.24, 2.45) is 5.10 Å². The highest BCUT2D eigenvalue weighted by Gasteiger charge is 2.13. The summed E-state index contributed by atoms with van der Waals surface area (Å²) in [7, 11) is 1.41. The summed E-state index contributed by atoms with van der Waals surface area (Å²) in [6.07, 6.45) is 1.40. The van der Waals surface area contributed by atoms with Gasteiger partial charge in [-0.25, -0.2) is 14.6 Å². The van der Waals surface area contributed by atoms with Crippen LogP contribution in [0.5, 0.6) is 11.5 Å². The molecule has 3 rings (SSSR count). The summed E-state index contributed by atoms with van der Waals surface area (Å²) in [5.41, 5.74) is 4.00. The van der Waals surface area contributed by atoms with Crippen LogP contribution in [0.25, 0.3) is 0 Å². The molecule has 0 bridgehead atoms. The highest BCUT2D eigenvalue weighted by atomic mass is 19.1. The molecule has 148 valence electrons. The molecule has 0 atom stereocenters. The number of nitrogens with zero attached hydrogens (tertiary/aromatic N) is 2. The number of hydrazone groups is 1. The molecule has 0 unspecified atom stereocenters. The molecule has 0 fully saturated rings. The van der Waals surface area contributed by atoms with Crippen molar-refractivity contribution in [2.75, 3.05) is 7.11 Å². The minimum Gasteiger partial charge on any atom is -0.493 e. The molecule has 0 aliphatic carbocycles. The smallest absolute Gasteiger partial charge is 0.343 e. The Morgan fingerprint density at radius 3 is 2.69 bits per heavy atom. The van der Waals surface area contributed by atoms with Crippen LogP contribution in [-0.2, 0) is 0 Å². The van der Waals surface area contributed by atoms with Crippen molar-refractivity contribution in [3.8, 4) is 11.5 Å². The van der Waals surface area contributed by atoms with Gasteiger partial charge in [-0.2, -0.15) is 10.2 Å². The number of benzene rings is 2. The lowest BCUT2D eigenvalue weighted by Crippen LogP contribution is -2.18. The van der Waals surface area contributed by atoms with E-state index in [1.54, 1.807) is 25.1 Å². The van der Waals surface area contributed by atoms with Gasteiger partial charge in [0.25, 0.3) is 5.91 Å². The van der Waals surface area contributed by atoms with E-state index in [0.29, 0.717) is 5.56 Å². The van der Waals surface area contributed by atoms with Crippen molar-refractivity contribution in [1.82, 2.24) is 15.6 Å². The first-order valence-electron chi connectivity index (χ1n) is 8.47. The van der Waals surface area contributed by atoms with E-state index in [2.05, 4.69) is 20.7 Å². The number of H-pyrrole nitrogens is 1. The summed E-state index contributed by atoms with van der Waals surface area (Å²) in [6.45, 7) is 1.78. The van der Waals surface area contributed by atoms with Crippen LogP contribution in [0.4, 0.5) is 4.39 Å². The fraction of sp³-hybridized carbons (Fsp3) is 0.100. The van der Waals surface area contributed by atoms with Crippen LogP contribution in [0.2, 0.25) is 0 Å². The molecule has 3 aromatic rings. The molecule has 1 aromatic heterocycles. The van der Waals surface area contributed by atoms with Crippen molar-refractivity contribution >= 4 is 18.1 Å². The minimum absolute atomic E-state index is 0.0778. The van der Waals surface area contributed by atoms with E-state index >= 15 is 0 Å². The molecule has 1 amide bonds. The highest BCUT2D eigenvalue weighted by Crippen LogP contribution is 2.28. The second-order valence-corrected chi connectivity index (χ2v) is 5.95. The van der Waals surface area contributed by atoms with Crippen molar-refractivity contribution in [2.45, 2.75) is 6.92 Å². The molecule has 0 aliphatic heterocycles. The summed E-state index contributed by atoms with van der Waals surface area (Å²) in [5.74, 6) is -1.28. The molecular weight excluding hydrogens is 379 g/mol. The van der Waals surface area contributed by atoms with Crippen LogP contribution in [0, 0.1) is 12.7 Å². The molecule has 29 heavy (non-hydrogen) atoms. The quantitative estimate of drug-likeness (QED) is 0.288. The van der Waals surface area contributed by atoms with Gasteiger partial charge >= 0.3 is 5.97 Å². The Labute approximate surface area is 165 Å². The zero-order valence-electron chi connectivity index (χ0n) is 15.6. The van der Waals surface area contributed by atoms with Gasteiger partial charge in [-0.05, 0) is 55.0 Å². The Kier molecular flexibility index (Phi) is 5.98. The first-order valence-corrected chi connectivity index (χ1v) is 8.47. The van der Waals surface area contributed by atoms with E-state index < -0.39 is 17.7 Å². The largest absolute Gasteiger partial charge is 0.493 e. The number of hydrogen-bond acceptors (Lipinski definition) is 6. The zero-order chi connectivity index (χ0) is 20.8. The number of ether oxygens (including phenoxy) is 2. The number of rotatable bonds is 6. The average molecular weight is 396 g/mol. The van der Waals surface area contributed by atoms with Gasteiger partial charge in [-0.3, -0.25) is 9.89 Å². The van der Waals surface area contributed by atoms with E-state index in [9.17, 15) is 14.0 Å². The average Bonchev–Trinajstić information content (AvgIpc) is 3.15. The molecule has 0 spiro atoms. The Hall–Kier alpha value is -4.01. The third-order valence-electron chi connectivity index (χ3n) is 3.77. The molecule has 1 heterocycles. The molecule has 0 saturated carbocycles. The van der Waals surface area contributed by atoms with E-state index in [0.717, 1.165) is 11.8 Å². The van der Waals surface area contributed by atoms with Crippen molar-refractivity contribution in [1.29, 1.82) is 0 Å². The maximum atomic E-state index is 13.3. The van der Waals surface area contributed by atoms with E-state index in [1.807, 2.05) is 0 Å². The van der Waals surface area contributed by atoms with Crippen LogP contribution in [0.15, 0.2) is 53.6 Å². The first kappa shape index (κ1) is 19.7. The zero-order valence-corrected chi connectivity index (χ0v) is 15.6. The number of methoxy groups -OCH3 is 1. The summed E-state index contributed by atoms with van der Waals surface area (Å²) in [4.78, 5) is 24.1. The Bertz CT molecular complexity index is 1080. The van der Waals surface area contributed by atoms with E-state index in [-0.39, 0.29) is 22.8 Å².